The fourth-order valence-electron chi connectivity index (χ4n) is 2.55. The second-order valence-electron chi connectivity index (χ2n) is 4.96. The Morgan fingerprint density at radius 3 is 2.53 bits per heavy atom. The molecule has 1 saturated heterocycles. The van der Waals surface area contributed by atoms with Gasteiger partial charge in [0.15, 0.2) is 0 Å². The van der Waals surface area contributed by atoms with Crippen LogP contribution in [0.4, 0.5) is 0 Å². The minimum absolute atomic E-state index is 0.640. The van der Waals surface area contributed by atoms with Crippen molar-refractivity contribution in [3.05, 3.63) is 34.3 Å². The fraction of sp³-hybridized carbons (Fsp3) is 0.571. The van der Waals surface area contributed by atoms with Crippen LogP contribution in [0.1, 0.15) is 38.7 Å². The van der Waals surface area contributed by atoms with Crippen LogP contribution >= 0.6 is 15.9 Å². The Morgan fingerprint density at radius 1 is 1.24 bits per heavy atom. The van der Waals surface area contributed by atoms with Crippen LogP contribution in [0.25, 0.3) is 0 Å². The van der Waals surface area contributed by atoms with Gasteiger partial charge >= 0.3 is 0 Å². The van der Waals surface area contributed by atoms with E-state index in [0.29, 0.717) is 12.1 Å². The van der Waals surface area contributed by atoms with E-state index in [-0.39, 0.29) is 0 Å². The van der Waals surface area contributed by atoms with Crippen molar-refractivity contribution in [3.63, 3.8) is 0 Å². The van der Waals surface area contributed by atoms with Gasteiger partial charge in [-0.05, 0) is 38.3 Å². The van der Waals surface area contributed by atoms with Crippen LogP contribution in [0, 0.1) is 0 Å². The van der Waals surface area contributed by atoms with Gasteiger partial charge in [0.2, 0.25) is 0 Å². The second kappa shape index (κ2) is 5.98. The lowest BCUT2D eigenvalue weighted by molar-refractivity contribution is 0.0435. The molecule has 2 rings (SSSR count). The molecular weight excluding hydrogens is 276 g/mol. The molecule has 1 aromatic rings. The van der Waals surface area contributed by atoms with E-state index in [1.807, 2.05) is 0 Å². The molecule has 2 atom stereocenters. The van der Waals surface area contributed by atoms with E-state index in [9.17, 15) is 0 Å². The van der Waals surface area contributed by atoms with Gasteiger partial charge in [-0.3, -0.25) is 5.43 Å². The van der Waals surface area contributed by atoms with Gasteiger partial charge < -0.3 is 0 Å². The zero-order valence-electron chi connectivity index (χ0n) is 10.6. The van der Waals surface area contributed by atoms with Crippen molar-refractivity contribution in [1.82, 2.24) is 10.4 Å². The largest absolute Gasteiger partial charge is 0.250 e. The summed E-state index contributed by atoms with van der Waals surface area (Å²) in [6.45, 7) is 5.52. The van der Waals surface area contributed by atoms with Gasteiger partial charge in [-0.2, -0.15) is 0 Å². The topological polar surface area (TPSA) is 15.3 Å². The molecular formula is C14H21BrN2. The Morgan fingerprint density at radius 2 is 1.88 bits per heavy atom. The monoisotopic (exact) mass is 296 g/mol. The van der Waals surface area contributed by atoms with Gasteiger partial charge in [0.05, 0.1) is 0 Å². The molecule has 1 aromatic carbocycles. The molecule has 0 radical (unpaired) electrons. The molecule has 1 fully saturated rings. The smallest absolute Gasteiger partial charge is 0.0364 e. The molecule has 2 unspecified atom stereocenters. The maximum absolute atomic E-state index is 3.59. The number of hydrazine groups is 1. The standard InChI is InChI=1S/C14H21BrN2/c1-11-6-5-7-12(2)17(11)16-10-13-8-3-4-9-14(13)15/h3-4,8-9,11-12,16H,5-7,10H2,1-2H3. The Hall–Kier alpha value is -0.380. The zero-order chi connectivity index (χ0) is 12.3. The number of rotatable bonds is 3. The number of nitrogens with zero attached hydrogens (tertiary/aromatic N) is 1. The summed E-state index contributed by atoms with van der Waals surface area (Å²) in [6, 6.07) is 9.68. The average molecular weight is 297 g/mol. The SMILES string of the molecule is CC1CCCC(C)N1NCc1ccccc1Br. The molecule has 3 heteroatoms. The van der Waals surface area contributed by atoms with Crippen LogP contribution in [0.5, 0.6) is 0 Å². The van der Waals surface area contributed by atoms with Gasteiger partial charge in [-0.25, -0.2) is 5.01 Å². The molecule has 0 amide bonds. The summed E-state index contributed by atoms with van der Waals surface area (Å²) < 4.78 is 1.19. The Bertz CT molecular complexity index is 357. The highest BCUT2D eigenvalue weighted by atomic mass is 79.9. The number of halogens is 1. The predicted molar refractivity (Wildman–Crippen MR) is 75.6 cm³/mol. The van der Waals surface area contributed by atoms with Crippen LogP contribution in [0.15, 0.2) is 28.7 Å². The van der Waals surface area contributed by atoms with E-state index < -0.39 is 0 Å². The first-order chi connectivity index (χ1) is 8.18. The summed E-state index contributed by atoms with van der Waals surface area (Å²) in [5, 5.41) is 2.42. The highest BCUT2D eigenvalue weighted by molar-refractivity contribution is 9.10. The minimum atomic E-state index is 0.640. The molecule has 1 aliphatic rings. The zero-order valence-corrected chi connectivity index (χ0v) is 12.2. The quantitative estimate of drug-likeness (QED) is 0.915. The first-order valence-electron chi connectivity index (χ1n) is 6.43. The predicted octanol–water partition coefficient (Wildman–Crippen LogP) is 3.72. The van der Waals surface area contributed by atoms with Gasteiger partial charge in [0.1, 0.15) is 0 Å². The van der Waals surface area contributed by atoms with E-state index in [1.165, 1.54) is 29.3 Å². The van der Waals surface area contributed by atoms with Crippen molar-refractivity contribution < 1.29 is 0 Å². The summed E-state index contributed by atoms with van der Waals surface area (Å²) in [7, 11) is 0. The number of piperidine rings is 1. The third-order valence-electron chi connectivity index (χ3n) is 3.60. The molecule has 0 bridgehead atoms. The van der Waals surface area contributed by atoms with Crippen LogP contribution in [0.3, 0.4) is 0 Å². The molecule has 0 aliphatic carbocycles. The van der Waals surface area contributed by atoms with E-state index in [0.717, 1.165) is 6.54 Å². The molecule has 1 N–H and O–H groups in total. The highest BCUT2D eigenvalue weighted by Crippen LogP contribution is 2.21. The summed E-state index contributed by atoms with van der Waals surface area (Å²) in [5.41, 5.74) is 4.90. The van der Waals surface area contributed by atoms with E-state index in [4.69, 9.17) is 0 Å². The maximum atomic E-state index is 3.59. The van der Waals surface area contributed by atoms with Crippen LogP contribution in [-0.4, -0.2) is 17.1 Å². The summed E-state index contributed by atoms with van der Waals surface area (Å²) in [5.74, 6) is 0. The molecule has 0 saturated carbocycles. The lowest BCUT2D eigenvalue weighted by Gasteiger charge is -2.39. The van der Waals surface area contributed by atoms with E-state index in [2.05, 4.69) is 64.5 Å². The van der Waals surface area contributed by atoms with Crippen molar-refractivity contribution >= 4 is 15.9 Å². The minimum Gasteiger partial charge on any atom is -0.250 e. The maximum Gasteiger partial charge on any atom is 0.0364 e. The Balaban J connectivity index is 1.95. The van der Waals surface area contributed by atoms with Gasteiger partial charge in [-0.1, -0.05) is 40.5 Å². The molecule has 94 valence electrons. The number of hydrogen-bond acceptors (Lipinski definition) is 2. The Labute approximate surface area is 112 Å². The molecule has 2 nitrogen and oxygen atoms in total. The van der Waals surface area contributed by atoms with E-state index >= 15 is 0 Å². The molecule has 17 heavy (non-hydrogen) atoms. The number of nitrogens with one attached hydrogen (secondary N) is 1. The van der Waals surface area contributed by atoms with Crippen LogP contribution in [-0.2, 0) is 6.54 Å². The Kier molecular flexibility index (Phi) is 4.60. The molecule has 1 heterocycles. The average Bonchev–Trinajstić information content (AvgIpc) is 2.30. The van der Waals surface area contributed by atoms with Crippen molar-refractivity contribution in [2.45, 2.75) is 51.7 Å². The molecule has 0 spiro atoms. The van der Waals surface area contributed by atoms with Gasteiger partial charge in [-0.15, -0.1) is 0 Å². The lowest BCUT2D eigenvalue weighted by atomic mass is 10.00. The number of benzene rings is 1. The summed E-state index contributed by atoms with van der Waals surface area (Å²) >= 11 is 3.59. The molecule has 0 aromatic heterocycles. The third-order valence-corrected chi connectivity index (χ3v) is 4.38. The fourth-order valence-corrected chi connectivity index (χ4v) is 2.98. The first-order valence-corrected chi connectivity index (χ1v) is 7.23. The summed E-state index contributed by atoms with van der Waals surface area (Å²) in [4.78, 5) is 0. The third kappa shape index (κ3) is 3.30. The van der Waals surface area contributed by atoms with Crippen LogP contribution in [0.2, 0.25) is 0 Å². The molecule has 1 aliphatic heterocycles. The van der Waals surface area contributed by atoms with E-state index in [1.54, 1.807) is 0 Å². The van der Waals surface area contributed by atoms with Crippen molar-refractivity contribution in [3.8, 4) is 0 Å². The normalized spacial score (nSPS) is 26.1. The summed E-state index contributed by atoms with van der Waals surface area (Å²) in [6.07, 6.45) is 3.95. The van der Waals surface area contributed by atoms with Crippen molar-refractivity contribution in [1.29, 1.82) is 0 Å². The van der Waals surface area contributed by atoms with Crippen molar-refractivity contribution in [2.75, 3.05) is 0 Å². The van der Waals surface area contributed by atoms with Crippen molar-refractivity contribution in [2.24, 2.45) is 0 Å². The first kappa shape index (κ1) is 13.1. The van der Waals surface area contributed by atoms with Gasteiger partial charge in [0, 0.05) is 23.1 Å². The highest BCUT2D eigenvalue weighted by Gasteiger charge is 2.24. The lowest BCUT2D eigenvalue weighted by Crippen LogP contribution is -2.51. The van der Waals surface area contributed by atoms with Gasteiger partial charge in [0.25, 0.3) is 0 Å². The van der Waals surface area contributed by atoms with Crippen LogP contribution < -0.4 is 5.43 Å². The second-order valence-corrected chi connectivity index (χ2v) is 5.82. The number of hydrogen-bond donors (Lipinski definition) is 1.